The number of ether oxygens (including phenoxy) is 5. The molecule has 0 amide bonds. The minimum absolute atomic E-state index is 0.314. The second kappa shape index (κ2) is 9.52. The lowest BCUT2D eigenvalue weighted by molar-refractivity contribution is -0.144. The highest BCUT2D eigenvalue weighted by atomic mass is 16.5. The molecule has 7 nitrogen and oxygen atoms in total. The zero-order valence-electron chi connectivity index (χ0n) is 18.0. The lowest BCUT2D eigenvalue weighted by atomic mass is 9.90. The van der Waals surface area contributed by atoms with Crippen LogP contribution in [-0.4, -0.2) is 52.8 Å². The van der Waals surface area contributed by atoms with Gasteiger partial charge in [0.2, 0.25) is 0 Å². The number of benzene rings is 2. The molecule has 0 aliphatic carbocycles. The van der Waals surface area contributed by atoms with Crippen LogP contribution >= 0.6 is 0 Å². The van der Waals surface area contributed by atoms with Gasteiger partial charge in [0.15, 0.2) is 29.0 Å². The van der Waals surface area contributed by atoms with Gasteiger partial charge >= 0.3 is 5.97 Å². The van der Waals surface area contributed by atoms with Crippen molar-refractivity contribution in [2.24, 2.45) is 4.99 Å². The summed E-state index contributed by atoms with van der Waals surface area (Å²) in [6.07, 6.45) is 0.961. The van der Waals surface area contributed by atoms with Crippen LogP contribution in [0.1, 0.15) is 23.6 Å². The first-order valence-electron chi connectivity index (χ1n) is 9.74. The highest BCUT2D eigenvalue weighted by molar-refractivity contribution is 6.06. The molecule has 160 valence electrons. The molecule has 1 aliphatic heterocycles. The van der Waals surface area contributed by atoms with E-state index in [-0.39, 0.29) is 5.97 Å². The first-order valence-corrected chi connectivity index (χ1v) is 9.74. The molecule has 0 spiro atoms. The van der Waals surface area contributed by atoms with Crippen molar-refractivity contribution in [3.05, 3.63) is 47.0 Å². The van der Waals surface area contributed by atoms with Gasteiger partial charge in [-0.1, -0.05) is 6.07 Å². The molecular formula is C23H27NO6. The predicted octanol–water partition coefficient (Wildman–Crippen LogP) is 3.24. The summed E-state index contributed by atoms with van der Waals surface area (Å²) < 4.78 is 26.9. The zero-order valence-corrected chi connectivity index (χ0v) is 18.0. The second-order valence-corrected chi connectivity index (χ2v) is 6.78. The van der Waals surface area contributed by atoms with E-state index in [0.717, 1.165) is 22.4 Å². The van der Waals surface area contributed by atoms with Crippen LogP contribution in [0.2, 0.25) is 0 Å². The van der Waals surface area contributed by atoms with Crippen molar-refractivity contribution in [1.29, 1.82) is 0 Å². The number of methoxy groups -OCH3 is 4. The summed E-state index contributed by atoms with van der Waals surface area (Å²) in [5.74, 6) is 2.20. The molecule has 1 atom stereocenters. The zero-order chi connectivity index (χ0) is 21.7. The minimum Gasteiger partial charge on any atom is -0.493 e. The van der Waals surface area contributed by atoms with Crippen LogP contribution in [0.4, 0.5) is 0 Å². The first-order chi connectivity index (χ1) is 14.5. The van der Waals surface area contributed by atoms with Gasteiger partial charge in [0, 0.05) is 24.1 Å². The maximum Gasteiger partial charge on any atom is 0.331 e. The van der Waals surface area contributed by atoms with Crippen molar-refractivity contribution in [2.75, 3.05) is 35.0 Å². The maximum atomic E-state index is 12.4. The molecule has 2 aromatic rings. The smallest absolute Gasteiger partial charge is 0.331 e. The number of rotatable bonds is 8. The number of carbonyl (C=O) groups is 1. The topological polar surface area (TPSA) is 75.6 Å². The number of fused-ring (bicyclic) bond motifs is 1. The molecule has 0 bridgehead atoms. The molecule has 0 radical (unpaired) electrons. The quantitative estimate of drug-likeness (QED) is 0.619. The highest BCUT2D eigenvalue weighted by Crippen LogP contribution is 2.35. The van der Waals surface area contributed by atoms with E-state index >= 15 is 0 Å². The number of hydrogen-bond donors (Lipinski definition) is 0. The fraction of sp³-hybridized carbons (Fsp3) is 0.391. The van der Waals surface area contributed by atoms with E-state index in [9.17, 15) is 4.79 Å². The van der Waals surface area contributed by atoms with Crippen molar-refractivity contribution >= 4 is 11.7 Å². The molecule has 3 rings (SSSR count). The fourth-order valence-electron chi connectivity index (χ4n) is 3.57. The summed E-state index contributed by atoms with van der Waals surface area (Å²) in [5.41, 5.74) is 3.67. The van der Waals surface area contributed by atoms with Crippen LogP contribution in [0.15, 0.2) is 35.3 Å². The molecule has 0 N–H and O–H groups in total. The molecule has 0 fully saturated rings. The second-order valence-electron chi connectivity index (χ2n) is 6.78. The Morgan fingerprint density at radius 3 is 2.20 bits per heavy atom. The van der Waals surface area contributed by atoms with Crippen molar-refractivity contribution in [3.8, 4) is 23.0 Å². The van der Waals surface area contributed by atoms with Crippen LogP contribution in [-0.2, 0) is 22.4 Å². The third kappa shape index (κ3) is 4.35. The van der Waals surface area contributed by atoms with Gasteiger partial charge in [-0.2, -0.15) is 0 Å². The van der Waals surface area contributed by atoms with Gasteiger partial charge in [0.1, 0.15) is 0 Å². The molecule has 0 unspecified atom stereocenters. The minimum atomic E-state index is -0.592. The molecule has 2 aromatic carbocycles. The van der Waals surface area contributed by atoms with Crippen molar-refractivity contribution in [3.63, 3.8) is 0 Å². The van der Waals surface area contributed by atoms with Crippen molar-refractivity contribution in [2.45, 2.75) is 25.8 Å². The molecule has 0 saturated carbocycles. The van der Waals surface area contributed by atoms with Crippen LogP contribution in [0.3, 0.4) is 0 Å². The summed E-state index contributed by atoms with van der Waals surface area (Å²) in [4.78, 5) is 17.2. The Kier molecular flexibility index (Phi) is 6.82. The number of nitrogens with zero attached hydrogens (tertiary/aromatic N) is 1. The van der Waals surface area contributed by atoms with E-state index in [1.54, 1.807) is 35.4 Å². The van der Waals surface area contributed by atoms with E-state index < -0.39 is 6.04 Å². The van der Waals surface area contributed by atoms with Crippen LogP contribution in [0.25, 0.3) is 0 Å². The van der Waals surface area contributed by atoms with Gasteiger partial charge < -0.3 is 23.7 Å². The molecule has 0 aromatic heterocycles. The average Bonchev–Trinajstić information content (AvgIpc) is 2.77. The van der Waals surface area contributed by atoms with Crippen molar-refractivity contribution < 1.29 is 28.5 Å². The monoisotopic (exact) mass is 413 g/mol. The Labute approximate surface area is 176 Å². The van der Waals surface area contributed by atoms with Gasteiger partial charge in [-0.15, -0.1) is 0 Å². The van der Waals surface area contributed by atoms with E-state index in [0.29, 0.717) is 42.4 Å². The van der Waals surface area contributed by atoms with Gasteiger partial charge in [-0.3, -0.25) is 4.99 Å². The van der Waals surface area contributed by atoms with E-state index in [1.165, 1.54) is 0 Å². The standard InChI is InChI=1S/C23H27NO6/c1-6-30-23(25)18-11-15-12-21(28-4)22(29-5)13-16(15)17(24-18)9-14-7-8-19(26-2)20(10-14)27-3/h7-8,10,12-13,18H,6,9,11H2,1-5H3/t18-/m0/s1. The van der Waals surface area contributed by atoms with Crippen LogP contribution < -0.4 is 18.9 Å². The number of carbonyl (C=O) groups excluding carboxylic acids is 1. The van der Waals surface area contributed by atoms with Gasteiger partial charge in [-0.05, 0) is 42.3 Å². The van der Waals surface area contributed by atoms with Crippen LogP contribution in [0, 0.1) is 0 Å². The molecule has 30 heavy (non-hydrogen) atoms. The van der Waals surface area contributed by atoms with Gasteiger partial charge in [-0.25, -0.2) is 4.79 Å². The molecule has 1 heterocycles. The number of hydrogen-bond acceptors (Lipinski definition) is 7. The van der Waals surface area contributed by atoms with Crippen LogP contribution in [0.5, 0.6) is 23.0 Å². The number of aliphatic imine (C=N–C) groups is 1. The SMILES string of the molecule is CCOC(=O)[C@@H]1Cc2cc(OC)c(OC)cc2C(Cc2ccc(OC)c(OC)c2)=N1. The normalized spacial score (nSPS) is 15.0. The Hall–Kier alpha value is -3.22. The summed E-state index contributed by atoms with van der Waals surface area (Å²) in [7, 11) is 6.39. The molecule has 1 aliphatic rings. The predicted molar refractivity (Wildman–Crippen MR) is 113 cm³/mol. The third-order valence-corrected chi connectivity index (χ3v) is 5.02. The summed E-state index contributed by atoms with van der Waals surface area (Å²) in [6, 6.07) is 8.95. The fourth-order valence-corrected chi connectivity index (χ4v) is 3.57. The number of esters is 1. The lowest BCUT2D eigenvalue weighted by Gasteiger charge is -2.24. The summed E-state index contributed by atoms with van der Waals surface area (Å²) in [5, 5.41) is 0. The van der Waals surface area contributed by atoms with Crippen molar-refractivity contribution in [1.82, 2.24) is 0 Å². The largest absolute Gasteiger partial charge is 0.493 e. The molecule has 7 heteroatoms. The Bertz CT molecular complexity index is 953. The first kappa shape index (κ1) is 21.5. The average molecular weight is 413 g/mol. The Balaban J connectivity index is 2.04. The lowest BCUT2D eigenvalue weighted by Crippen LogP contribution is -2.30. The Morgan fingerprint density at radius 1 is 0.933 bits per heavy atom. The summed E-state index contributed by atoms with van der Waals surface area (Å²) in [6.45, 7) is 2.10. The highest BCUT2D eigenvalue weighted by Gasteiger charge is 2.29. The molecule has 0 saturated heterocycles. The maximum absolute atomic E-state index is 12.4. The Morgan fingerprint density at radius 2 is 1.57 bits per heavy atom. The van der Waals surface area contributed by atoms with Gasteiger partial charge in [0.25, 0.3) is 0 Å². The summed E-state index contributed by atoms with van der Waals surface area (Å²) >= 11 is 0. The van der Waals surface area contributed by atoms with E-state index in [2.05, 4.69) is 0 Å². The third-order valence-electron chi connectivity index (χ3n) is 5.02. The van der Waals surface area contributed by atoms with Gasteiger partial charge in [0.05, 0.1) is 35.0 Å². The van der Waals surface area contributed by atoms with E-state index in [1.807, 2.05) is 30.3 Å². The van der Waals surface area contributed by atoms with E-state index in [4.69, 9.17) is 28.7 Å². The molecular weight excluding hydrogens is 386 g/mol.